The van der Waals surface area contributed by atoms with Gasteiger partial charge in [0.2, 0.25) is 0 Å². The second-order valence-corrected chi connectivity index (χ2v) is 6.71. The van der Waals surface area contributed by atoms with Crippen molar-refractivity contribution in [3.63, 3.8) is 0 Å². The van der Waals surface area contributed by atoms with Gasteiger partial charge in [-0.1, -0.05) is 19.3 Å². The standard InChI is InChI=1S/C18H28N6O/c1-15-19-12-14-23(15)13-6-5-10-20-18(25)22-17-9-11-21-24(17)16-7-3-2-4-8-16/h9,11-12,14,16H,2-8,10,13H2,1H3,(H2,20,22,25). The van der Waals surface area contributed by atoms with E-state index in [1.165, 1.54) is 19.3 Å². The van der Waals surface area contributed by atoms with Gasteiger partial charge in [0.1, 0.15) is 11.6 Å². The van der Waals surface area contributed by atoms with E-state index in [1.807, 2.05) is 30.1 Å². The van der Waals surface area contributed by atoms with E-state index in [4.69, 9.17) is 0 Å². The Bertz CT molecular complexity index is 671. The van der Waals surface area contributed by atoms with Crippen LogP contribution in [0.2, 0.25) is 0 Å². The van der Waals surface area contributed by atoms with Crippen LogP contribution in [0.5, 0.6) is 0 Å². The average molecular weight is 344 g/mol. The molecule has 0 bridgehead atoms. The molecular formula is C18H28N6O. The van der Waals surface area contributed by atoms with Crippen molar-refractivity contribution in [3.8, 4) is 0 Å². The summed E-state index contributed by atoms with van der Waals surface area (Å²) in [6.45, 7) is 3.60. The number of nitrogens with one attached hydrogen (secondary N) is 2. The number of rotatable bonds is 7. The number of anilines is 1. The number of aryl methyl sites for hydroxylation is 2. The number of carbonyl (C=O) groups excluding carboxylic acids is 1. The van der Waals surface area contributed by atoms with Crippen molar-refractivity contribution in [2.24, 2.45) is 0 Å². The first-order valence-electron chi connectivity index (χ1n) is 9.30. The zero-order valence-electron chi connectivity index (χ0n) is 14.9. The molecule has 2 heterocycles. The molecule has 7 heteroatoms. The van der Waals surface area contributed by atoms with E-state index in [9.17, 15) is 4.79 Å². The molecule has 2 aromatic rings. The van der Waals surface area contributed by atoms with Gasteiger partial charge in [-0.15, -0.1) is 0 Å². The third-order valence-corrected chi connectivity index (χ3v) is 4.87. The van der Waals surface area contributed by atoms with Gasteiger partial charge in [0.25, 0.3) is 0 Å². The first-order chi connectivity index (χ1) is 12.2. The van der Waals surface area contributed by atoms with Crippen molar-refractivity contribution in [2.75, 3.05) is 11.9 Å². The first-order valence-corrected chi connectivity index (χ1v) is 9.30. The van der Waals surface area contributed by atoms with Crippen molar-refractivity contribution >= 4 is 11.8 Å². The molecule has 0 spiro atoms. The van der Waals surface area contributed by atoms with Crippen LogP contribution in [-0.2, 0) is 6.54 Å². The van der Waals surface area contributed by atoms with Crippen LogP contribution < -0.4 is 10.6 Å². The van der Waals surface area contributed by atoms with Gasteiger partial charge in [0.05, 0.1) is 12.2 Å². The van der Waals surface area contributed by atoms with Crippen molar-refractivity contribution in [2.45, 2.75) is 64.5 Å². The maximum Gasteiger partial charge on any atom is 0.320 e. The van der Waals surface area contributed by atoms with Crippen molar-refractivity contribution in [1.29, 1.82) is 0 Å². The smallest absolute Gasteiger partial charge is 0.320 e. The number of nitrogens with zero attached hydrogens (tertiary/aromatic N) is 4. The van der Waals surface area contributed by atoms with Gasteiger partial charge in [0.15, 0.2) is 0 Å². The third kappa shape index (κ3) is 4.84. The largest absolute Gasteiger partial charge is 0.338 e. The Hall–Kier alpha value is -2.31. The number of carbonyl (C=O) groups is 1. The van der Waals surface area contributed by atoms with Gasteiger partial charge >= 0.3 is 6.03 Å². The number of unbranched alkanes of at least 4 members (excludes halogenated alkanes) is 1. The topological polar surface area (TPSA) is 76.8 Å². The molecule has 1 aliphatic carbocycles. The van der Waals surface area contributed by atoms with E-state index < -0.39 is 0 Å². The van der Waals surface area contributed by atoms with E-state index in [0.717, 1.165) is 43.9 Å². The summed E-state index contributed by atoms with van der Waals surface area (Å²) in [4.78, 5) is 16.3. The number of hydrogen-bond donors (Lipinski definition) is 2. The van der Waals surface area contributed by atoms with E-state index in [1.54, 1.807) is 6.20 Å². The number of imidazole rings is 1. The lowest BCUT2D eigenvalue weighted by Gasteiger charge is -2.23. The van der Waals surface area contributed by atoms with E-state index in [0.29, 0.717) is 12.6 Å². The minimum absolute atomic E-state index is 0.156. The summed E-state index contributed by atoms with van der Waals surface area (Å²) in [5.74, 6) is 1.82. The fourth-order valence-corrected chi connectivity index (χ4v) is 3.44. The van der Waals surface area contributed by atoms with Gasteiger partial charge in [-0.25, -0.2) is 14.5 Å². The molecule has 136 valence electrons. The fraction of sp³-hybridized carbons (Fsp3) is 0.611. The second-order valence-electron chi connectivity index (χ2n) is 6.71. The third-order valence-electron chi connectivity index (χ3n) is 4.87. The predicted octanol–water partition coefficient (Wildman–Crippen LogP) is 3.50. The van der Waals surface area contributed by atoms with Crippen molar-refractivity contribution in [3.05, 3.63) is 30.5 Å². The fourth-order valence-electron chi connectivity index (χ4n) is 3.44. The van der Waals surface area contributed by atoms with E-state index in [2.05, 4.69) is 25.3 Å². The monoisotopic (exact) mass is 344 g/mol. The quantitative estimate of drug-likeness (QED) is 0.755. The Balaban J connectivity index is 1.38. The van der Waals surface area contributed by atoms with Gasteiger partial charge in [-0.2, -0.15) is 5.10 Å². The zero-order chi connectivity index (χ0) is 17.5. The molecule has 0 saturated heterocycles. The van der Waals surface area contributed by atoms with Gasteiger partial charge < -0.3 is 9.88 Å². The van der Waals surface area contributed by atoms with E-state index >= 15 is 0 Å². The molecule has 2 amide bonds. The molecule has 0 radical (unpaired) electrons. The molecule has 3 rings (SSSR count). The van der Waals surface area contributed by atoms with Crippen LogP contribution in [0, 0.1) is 6.92 Å². The lowest BCUT2D eigenvalue weighted by atomic mass is 9.96. The lowest BCUT2D eigenvalue weighted by molar-refractivity contribution is 0.251. The molecule has 1 aliphatic rings. The van der Waals surface area contributed by atoms with Crippen LogP contribution in [0.1, 0.15) is 56.8 Å². The first kappa shape index (κ1) is 17.5. The average Bonchev–Trinajstić information content (AvgIpc) is 3.24. The minimum Gasteiger partial charge on any atom is -0.338 e. The van der Waals surface area contributed by atoms with Gasteiger partial charge in [-0.05, 0) is 32.6 Å². The normalized spacial score (nSPS) is 15.2. The summed E-state index contributed by atoms with van der Waals surface area (Å²) in [6.07, 6.45) is 13.6. The van der Waals surface area contributed by atoms with Crippen molar-refractivity contribution < 1.29 is 4.79 Å². The molecule has 0 unspecified atom stereocenters. The van der Waals surface area contributed by atoms with Crippen LogP contribution in [0.3, 0.4) is 0 Å². The molecule has 7 nitrogen and oxygen atoms in total. The molecule has 2 N–H and O–H groups in total. The highest BCUT2D eigenvalue weighted by molar-refractivity contribution is 5.88. The zero-order valence-corrected chi connectivity index (χ0v) is 14.9. The maximum atomic E-state index is 12.1. The number of hydrogen-bond acceptors (Lipinski definition) is 3. The summed E-state index contributed by atoms with van der Waals surface area (Å²) >= 11 is 0. The van der Waals surface area contributed by atoms with Crippen molar-refractivity contribution in [1.82, 2.24) is 24.6 Å². The van der Waals surface area contributed by atoms with Crippen LogP contribution in [0.4, 0.5) is 10.6 Å². The highest BCUT2D eigenvalue weighted by atomic mass is 16.2. The Labute approximate surface area is 148 Å². The van der Waals surface area contributed by atoms with Gasteiger partial charge in [0, 0.05) is 31.5 Å². The lowest BCUT2D eigenvalue weighted by Crippen LogP contribution is -2.31. The van der Waals surface area contributed by atoms with Crippen LogP contribution in [0.25, 0.3) is 0 Å². The summed E-state index contributed by atoms with van der Waals surface area (Å²) in [7, 11) is 0. The summed E-state index contributed by atoms with van der Waals surface area (Å²) in [5.41, 5.74) is 0. The van der Waals surface area contributed by atoms with E-state index in [-0.39, 0.29) is 6.03 Å². The highest BCUT2D eigenvalue weighted by Crippen LogP contribution is 2.29. The second kappa shape index (κ2) is 8.69. The maximum absolute atomic E-state index is 12.1. The number of amides is 2. The molecule has 0 atom stereocenters. The van der Waals surface area contributed by atoms with Crippen LogP contribution in [-0.4, -0.2) is 31.9 Å². The molecule has 2 aromatic heterocycles. The SMILES string of the molecule is Cc1nccn1CCCCNC(=O)Nc1ccnn1C1CCCCC1. The highest BCUT2D eigenvalue weighted by Gasteiger charge is 2.18. The molecule has 25 heavy (non-hydrogen) atoms. The number of aromatic nitrogens is 4. The Morgan fingerprint density at radius 3 is 2.84 bits per heavy atom. The Kier molecular flexibility index (Phi) is 6.09. The molecule has 0 aliphatic heterocycles. The minimum atomic E-state index is -0.156. The molecular weight excluding hydrogens is 316 g/mol. The number of urea groups is 1. The predicted molar refractivity (Wildman–Crippen MR) is 97.6 cm³/mol. The Morgan fingerprint density at radius 1 is 1.24 bits per heavy atom. The summed E-state index contributed by atoms with van der Waals surface area (Å²) < 4.78 is 4.10. The Morgan fingerprint density at radius 2 is 2.08 bits per heavy atom. The molecule has 0 aromatic carbocycles. The molecule has 1 saturated carbocycles. The molecule has 1 fully saturated rings. The van der Waals surface area contributed by atoms with Crippen LogP contribution in [0.15, 0.2) is 24.7 Å². The van der Waals surface area contributed by atoms with Gasteiger partial charge in [-0.3, -0.25) is 5.32 Å². The summed E-state index contributed by atoms with van der Waals surface area (Å²) in [6, 6.07) is 2.13. The van der Waals surface area contributed by atoms with Crippen LogP contribution >= 0.6 is 0 Å². The summed E-state index contributed by atoms with van der Waals surface area (Å²) in [5, 5.41) is 10.3.